The minimum absolute atomic E-state index is 0.442. The molecule has 1 aliphatic heterocycles. The Labute approximate surface area is 116 Å². The number of nitrogens with zero attached hydrogens (tertiary/aromatic N) is 4. The second-order valence-electron chi connectivity index (χ2n) is 4.64. The minimum atomic E-state index is 0.442. The summed E-state index contributed by atoms with van der Waals surface area (Å²) in [7, 11) is 1.61. The van der Waals surface area contributed by atoms with Crippen molar-refractivity contribution in [1.29, 1.82) is 0 Å². The molecule has 7 nitrogen and oxygen atoms in total. The van der Waals surface area contributed by atoms with E-state index in [-0.39, 0.29) is 0 Å². The number of rotatable bonds is 2. The lowest BCUT2D eigenvalue weighted by Crippen LogP contribution is -2.36. The van der Waals surface area contributed by atoms with Crippen LogP contribution < -0.4 is 15.4 Å². The Hall–Kier alpha value is -2.15. The Morgan fingerprint density at radius 2 is 2.00 bits per heavy atom. The minimum Gasteiger partial charge on any atom is -0.479 e. The molecule has 2 N–H and O–H groups in total. The number of aromatic nitrogens is 3. The van der Waals surface area contributed by atoms with Crippen LogP contribution in [-0.4, -0.2) is 48.4 Å². The van der Waals surface area contributed by atoms with Crippen molar-refractivity contribution in [2.45, 2.75) is 6.92 Å². The molecule has 0 unspecified atom stereocenters. The average molecular weight is 275 g/mol. The normalized spacial score (nSPS) is 15.6. The van der Waals surface area contributed by atoms with E-state index in [0.717, 1.165) is 24.2 Å². The third-order valence-electron chi connectivity index (χ3n) is 3.32. The quantitative estimate of drug-likeness (QED) is 0.865. The SMILES string of the molecule is COc1nc2nc(C)nc(N)c2cc1N1CCOCC1. The highest BCUT2D eigenvalue weighted by atomic mass is 16.5. The van der Waals surface area contributed by atoms with E-state index in [1.807, 2.05) is 6.07 Å². The van der Waals surface area contributed by atoms with Crippen molar-refractivity contribution in [3.8, 4) is 5.88 Å². The molecule has 1 fully saturated rings. The predicted octanol–water partition coefficient (Wildman–Crippen LogP) is 0.761. The van der Waals surface area contributed by atoms with Crippen molar-refractivity contribution >= 4 is 22.5 Å². The molecule has 0 bridgehead atoms. The molecular formula is C13H17N5O2. The molecule has 0 radical (unpaired) electrons. The van der Waals surface area contributed by atoms with Gasteiger partial charge in [-0.15, -0.1) is 0 Å². The highest BCUT2D eigenvalue weighted by Gasteiger charge is 2.19. The van der Waals surface area contributed by atoms with Crippen molar-refractivity contribution in [2.75, 3.05) is 44.0 Å². The van der Waals surface area contributed by atoms with Gasteiger partial charge in [-0.1, -0.05) is 0 Å². The van der Waals surface area contributed by atoms with E-state index in [2.05, 4.69) is 19.9 Å². The first-order chi connectivity index (χ1) is 9.69. The van der Waals surface area contributed by atoms with Gasteiger partial charge in [-0.3, -0.25) is 0 Å². The van der Waals surface area contributed by atoms with E-state index in [0.29, 0.717) is 36.4 Å². The number of fused-ring (bicyclic) bond motifs is 1. The van der Waals surface area contributed by atoms with E-state index in [1.54, 1.807) is 14.0 Å². The summed E-state index contributed by atoms with van der Waals surface area (Å²) >= 11 is 0. The monoisotopic (exact) mass is 275 g/mol. The molecular weight excluding hydrogens is 258 g/mol. The fraction of sp³-hybridized carbons (Fsp3) is 0.462. The summed E-state index contributed by atoms with van der Waals surface area (Å²) in [6, 6.07) is 1.95. The van der Waals surface area contributed by atoms with E-state index >= 15 is 0 Å². The molecule has 3 rings (SSSR count). The third kappa shape index (κ3) is 2.20. The van der Waals surface area contributed by atoms with E-state index < -0.39 is 0 Å². The molecule has 0 aliphatic carbocycles. The van der Waals surface area contributed by atoms with Gasteiger partial charge >= 0.3 is 0 Å². The molecule has 1 saturated heterocycles. The molecule has 20 heavy (non-hydrogen) atoms. The Bertz CT molecular complexity index is 640. The van der Waals surface area contributed by atoms with Gasteiger partial charge in [0.05, 0.1) is 25.7 Å². The summed E-state index contributed by atoms with van der Waals surface area (Å²) in [4.78, 5) is 15.1. The smallest absolute Gasteiger partial charge is 0.239 e. The number of morpholine rings is 1. The lowest BCUT2D eigenvalue weighted by Gasteiger charge is -2.29. The summed E-state index contributed by atoms with van der Waals surface area (Å²) in [5.41, 5.74) is 7.44. The maximum Gasteiger partial charge on any atom is 0.239 e. The fourth-order valence-electron chi connectivity index (χ4n) is 2.34. The standard InChI is InChI=1S/C13H17N5O2/c1-8-15-11(14)9-7-10(18-3-5-20-6-4-18)13(19-2)17-12(9)16-8/h7H,3-6H2,1-2H3,(H2,14,15,16,17). The lowest BCUT2D eigenvalue weighted by molar-refractivity contribution is 0.122. The topological polar surface area (TPSA) is 86.4 Å². The highest BCUT2D eigenvalue weighted by molar-refractivity contribution is 5.89. The van der Waals surface area contributed by atoms with Gasteiger partial charge in [-0.05, 0) is 13.0 Å². The number of hydrogen-bond donors (Lipinski definition) is 1. The van der Waals surface area contributed by atoms with E-state index in [4.69, 9.17) is 15.2 Å². The number of aryl methyl sites for hydroxylation is 1. The van der Waals surface area contributed by atoms with Crippen LogP contribution in [0.5, 0.6) is 5.88 Å². The summed E-state index contributed by atoms with van der Waals surface area (Å²) in [6.45, 7) is 4.79. The number of anilines is 2. The van der Waals surface area contributed by atoms with Crippen LogP contribution in [0.25, 0.3) is 11.0 Å². The van der Waals surface area contributed by atoms with Crippen LogP contribution >= 0.6 is 0 Å². The average Bonchev–Trinajstić information content (AvgIpc) is 2.46. The number of pyridine rings is 1. The molecule has 3 heterocycles. The molecule has 0 atom stereocenters. The number of ether oxygens (including phenoxy) is 2. The first kappa shape index (κ1) is 12.9. The van der Waals surface area contributed by atoms with Crippen LogP contribution in [0, 0.1) is 6.92 Å². The molecule has 106 valence electrons. The first-order valence-electron chi connectivity index (χ1n) is 6.50. The van der Waals surface area contributed by atoms with E-state index in [1.165, 1.54) is 0 Å². The van der Waals surface area contributed by atoms with Crippen molar-refractivity contribution in [2.24, 2.45) is 0 Å². The van der Waals surface area contributed by atoms with Crippen molar-refractivity contribution in [1.82, 2.24) is 15.0 Å². The third-order valence-corrected chi connectivity index (χ3v) is 3.32. The van der Waals surface area contributed by atoms with Crippen molar-refractivity contribution < 1.29 is 9.47 Å². The largest absolute Gasteiger partial charge is 0.479 e. The van der Waals surface area contributed by atoms with E-state index in [9.17, 15) is 0 Å². The molecule has 7 heteroatoms. The van der Waals surface area contributed by atoms with Gasteiger partial charge in [0, 0.05) is 13.1 Å². The molecule has 1 aliphatic rings. The van der Waals surface area contributed by atoms with Crippen LogP contribution in [0.15, 0.2) is 6.07 Å². The summed E-state index contributed by atoms with van der Waals surface area (Å²) < 4.78 is 10.8. The molecule has 0 aromatic carbocycles. The molecule has 0 spiro atoms. The van der Waals surface area contributed by atoms with Gasteiger partial charge in [0.2, 0.25) is 5.88 Å². The number of hydrogen-bond acceptors (Lipinski definition) is 7. The Morgan fingerprint density at radius 1 is 1.25 bits per heavy atom. The van der Waals surface area contributed by atoms with Crippen LogP contribution in [0.3, 0.4) is 0 Å². The maximum atomic E-state index is 5.97. The first-order valence-corrected chi connectivity index (χ1v) is 6.50. The summed E-state index contributed by atoms with van der Waals surface area (Å²) in [6.07, 6.45) is 0. The Balaban J connectivity index is 2.15. The second-order valence-corrected chi connectivity index (χ2v) is 4.64. The molecule has 0 amide bonds. The van der Waals surface area contributed by atoms with Crippen LogP contribution in [0.4, 0.5) is 11.5 Å². The highest BCUT2D eigenvalue weighted by Crippen LogP contribution is 2.31. The van der Waals surface area contributed by atoms with Crippen LogP contribution in [-0.2, 0) is 4.74 Å². The van der Waals surface area contributed by atoms with Gasteiger partial charge < -0.3 is 20.1 Å². The van der Waals surface area contributed by atoms with Gasteiger partial charge in [-0.25, -0.2) is 9.97 Å². The Kier molecular flexibility index (Phi) is 3.27. The number of nitrogens with two attached hydrogens (primary N) is 1. The summed E-state index contributed by atoms with van der Waals surface area (Å²) in [5.74, 6) is 1.60. The number of methoxy groups -OCH3 is 1. The molecule has 2 aromatic heterocycles. The molecule has 0 saturated carbocycles. The van der Waals surface area contributed by atoms with Crippen LogP contribution in [0.2, 0.25) is 0 Å². The van der Waals surface area contributed by atoms with Gasteiger partial charge in [0.15, 0.2) is 5.65 Å². The number of nitrogen functional groups attached to an aromatic ring is 1. The Morgan fingerprint density at radius 3 is 2.70 bits per heavy atom. The second kappa shape index (κ2) is 5.09. The fourth-order valence-corrected chi connectivity index (χ4v) is 2.34. The van der Waals surface area contributed by atoms with Gasteiger partial charge in [0.25, 0.3) is 0 Å². The van der Waals surface area contributed by atoms with Gasteiger partial charge in [0.1, 0.15) is 17.3 Å². The maximum absolute atomic E-state index is 5.97. The zero-order valence-corrected chi connectivity index (χ0v) is 11.6. The van der Waals surface area contributed by atoms with Crippen LogP contribution in [0.1, 0.15) is 5.82 Å². The zero-order valence-electron chi connectivity index (χ0n) is 11.6. The zero-order chi connectivity index (χ0) is 14.1. The lowest BCUT2D eigenvalue weighted by atomic mass is 10.2. The molecule has 2 aromatic rings. The predicted molar refractivity (Wildman–Crippen MR) is 76.1 cm³/mol. The van der Waals surface area contributed by atoms with Gasteiger partial charge in [-0.2, -0.15) is 4.98 Å². The summed E-state index contributed by atoms with van der Waals surface area (Å²) in [5, 5.41) is 0.748. The van der Waals surface area contributed by atoms with Crippen molar-refractivity contribution in [3.63, 3.8) is 0 Å². The van der Waals surface area contributed by atoms with Crippen molar-refractivity contribution in [3.05, 3.63) is 11.9 Å².